The van der Waals surface area contributed by atoms with E-state index in [9.17, 15) is 0 Å². The summed E-state index contributed by atoms with van der Waals surface area (Å²) in [6.07, 6.45) is 11.4. The fourth-order valence-corrected chi connectivity index (χ4v) is 2.62. The summed E-state index contributed by atoms with van der Waals surface area (Å²) in [6.45, 7) is 4.40. The average Bonchev–Trinajstić information content (AvgIpc) is 2.47. The molecule has 0 aliphatic heterocycles. The maximum absolute atomic E-state index is 4.05. The van der Waals surface area contributed by atoms with Crippen molar-refractivity contribution >= 4 is 0 Å². The van der Waals surface area contributed by atoms with Gasteiger partial charge in [-0.2, -0.15) is 0 Å². The number of aromatic nitrogens is 1. The first-order valence-electron chi connectivity index (χ1n) is 7.71. The third-order valence-corrected chi connectivity index (χ3v) is 3.92. The van der Waals surface area contributed by atoms with Gasteiger partial charge in [-0.1, -0.05) is 36.6 Å². The number of pyridine rings is 1. The molecule has 0 aliphatic rings. The molecular weight excluding hydrogens is 242 g/mol. The zero-order valence-electron chi connectivity index (χ0n) is 12.7. The Labute approximate surface area is 123 Å². The summed E-state index contributed by atoms with van der Waals surface area (Å²) in [5, 5.41) is 0. The standard InChI is InChI=1S/C19H25N/c1-16-9-10-17(2)19(15-16)8-6-4-3-5-7-18-11-13-20-14-12-18/h9-15H,3-8H2,1-2H3. The van der Waals surface area contributed by atoms with Gasteiger partial charge in [-0.15, -0.1) is 0 Å². The molecule has 1 heteroatoms. The van der Waals surface area contributed by atoms with Crippen LogP contribution in [-0.2, 0) is 12.8 Å². The van der Waals surface area contributed by atoms with Crippen LogP contribution in [0.3, 0.4) is 0 Å². The molecule has 2 aromatic rings. The Morgan fingerprint density at radius 1 is 0.800 bits per heavy atom. The quantitative estimate of drug-likeness (QED) is 0.640. The number of hydrogen-bond donors (Lipinski definition) is 0. The van der Waals surface area contributed by atoms with Gasteiger partial charge in [0.2, 0.25) is 0 Å². The van der Waals surface area contributed by atoms with E-state index in [1.54, 1.807) is 0 Å². The van der Waals surface area contributed by atoms with Crippen LogP contribution in [0.5, 0.6) is 0 Å². The van der Waals surface area contributed by atoms with Crippen LogP contribution >= 0.6 is 0 Å². The third kappa shape index (κ3) is 4.80. The number of unbranched alkanes of at least 4 members (excludes halogenated alkanes) is 3. The minimum absolute atomic E-state index is 1.19. The van der Waals surface area contributed by atoms with Crippen molar-refractivity contribution in [3.8, 4) is 0 Å². The number of rotatable bonds is 7. The van der Waals surface area contributed by atoms with Crippen LogP contribution in [0, 0.1) is 13.8 Å². The fraction of sp³-hybridized carbons (Fsp3) is 0.421. The second-order valence-corrected chi connectivity index (χ2v) is 5.70. The van der Waals surface area contributed by atoms with Crippen LogP contribution in [-0.4, -0.2) is 4.98 Å². The molecular formula is C19H25N. The molecule has 1 nitrogen and oxygen atoms in total. The maximum atomic E-state index is 4.05. The number of nitrogens with zero attached hydrogens (tertiary/aromatic N) is 1. The van der Waals surface area contributed by atoms with Crippen molar-refractivity contribution < 1.29 is 0 Å². The molecule has 106 valence electrons. The first-order valence-corrected chi connectivity index (χ1v) is 7.71. The van der Waals surface area contributed by atoms with Crippen molar-refractivity contribution in [2.45, 2.75) is 52.4 Å². The van der Waals surface area contributed by atoms with Gasteiger partial charge in [0.05, 0.1) is 0 Å². The molecule has 0 saturated carbocycles. The van der Waals surface area contributed by atoms with Crippen molar-refractivity contribution in [1.29, 1.82) is 0 Å². The SMILES string of the molecule is Cc1ccc(C)c(CCCCCCc2ccncc2)c1. The summed E-state index contributed by atoms with van der Waals surface area (Å²) in [5.41, 5.74) is 5.75. The van der Waals surface area contributed by atoms with Crippen LogP contribution in [0.4, 0.5) is 0 Å². The van der Waals surface area contributed by atoms with Gasteiger partial charge in [-0.3, -0.25) is 4.98 Å². The zero-order chi connectivity index (χ0) is 14.2. The Bertz CT molecular complexity index is 517. The molecule has 0 bridgehead atoms. The topological polar surface area (TPSA) is 12.9 Å². The molecule has 0 unspecified atom stereocenters. The minimum atomic E-state index is 1.19. The summed E-state index contributed by atoms with van der Waals surface area (Å²) in [7, 11) is 0. The normalized spacial score (nSPS) is 10.7. The Hall–Kier alpha value is -1.63. The van der Waals surface area contributed by atoms with E-state index < -0.39 is 0 Å². The second kappa shape index (κ2) is 7.84. The van der Waals surface area contributed by atoms with Gasteiger partial charge in [-0.05, 0) is 68.4 Å². The van der Waals surface area contributed by atoms with Gasteiger partial charge in [-0.25, -0.2) is 0 Å². The van der Waals surface area contributed by atoms with Gasteiger partial charge in [0.25, 0.3) is 0 Å². The Morgan fingerprint density at radius 3 is 2.25 bits per heavy atom. The third-order valence-electron chi connectivity index (χ3n) is 3.92. The molecule has 0 saturated heterocycles. The Morgan fingerprint density at radius 2 is 1.50 bits per heavy atom. The van der Waals surface area contributed by atoms with E-state index in [2.05, 4.69) is 49.2 Å². The molecule has 0 aliphatic carbocycles. The van der Waals surface area contributed by atoms with E-state index in [0.29, 0.717) is 0 Å². The Kier molecular flexibility index (Phi) is 5.79. The van der Waals surface area contributed by atoms with Gasteiger partial charge in [0.1, 0.15) is 0 Å². The summed E-state index contributed by atoms with van der Waals surface area (Å²) in [4.78, 5) is 4.05. The minimum Gasteiger partial charge on any atom is -0.265 e. The summed E-state index contributed by atoms with van der Waals surface area (Å²) >= 11 is 0. The van der Waals surface area contributed by atoms with Gasteiger partial charge < -0.3 is 0 Å². The van der Waals surface area contributed by atoms with E-state index in [0.717, 1.165) is 0 Å². The highest BCUT2D eigenvalue weighted by molar-refractivity contribution is 5.30. The van der Waals surface area contributed by atoms with E-state index in [-0.39, 0.29) is 0 Å². The lowest BCUT2D eigenvalue weighted by Crippen LogP contribution is -1.92. The van der Waals surface area contributed by atoms with Crippen LogP contribution < -0.4 is 0 Å². The number of aryl methyl sites for hydroxylation is 4. The fourth-order valence-electron chi connectivity index (χ4n) is 2.62. The molecule has 0 radical (unpaired) electrons. The zero-order valence-corrected chi connectivity index (χ0v) is 12.7. The predicted molar refractivity (Wildman–Crippen MR) is 86.0 cm³/mol. The molecule has 0 amide bonds. The van der Waals surface area contributed by atoms with E-state index in [4.69, 9.17) is 0 Å². The van der Waals surface area contributed by atoms with E-state index >= 15 is 0 Å². The highest BCUT2D eigenvalue weighted by Gasteiger charge is 1.99. The monoisotopic (exact) mass is 267 g/mol. The van der Waals surface area contributed by atoms with E-state index in [1.807, 2.05) is 12.4 Å². The smallest absolute Gasteiger partial charge is 0.0270 e. The van der Waals surface area contributed by atoms with Crippen LogP contribution in [0.2, 0.25) is 0 Å². The molecule has 2 rings (SSSR count). The summed E-state index contributed by atoms with van der Waals surface area (Å²) < 4.78 is 0. The summed E-state index contributed by atoms with van der Waals surface area (Å²) in [5.74, 6) is 0. The van der Waals surface area contributed by atoms with Gasteiger partial charge >= 0.3 is 0 Å². The van der Waals surface area contributed by atoms with Crippen molar-refractivity contribution in [2.24, 2.45) is 0 Å². The van der Waals surface area contributed by atoms with Crippen molar-refractivity contribution in [1.82, 2.24) is 4.98 Å². The first kappa shape index (κ1) is 14.8. The number of benzene rings is 1. The largest absolute Gasteiger partial charge is 0.265 e. The molecule has 0 atom stereocenters. The second-order valence-electron chi connectivity index (χ2n) is 5.70. The Balaban J connectivity index is 1.63. The van der Waals surface area contributed by atoms with Crippen LogP contribution in [0.25, 0.3) is 0 Å². The highest BCUT2D eigenvalue weighted by Crippen LogP contribution is 2.15. The van der Waals surface area contributed by atoms with Crippen molar-refractivity contribution in [3.63, 3.8) is 0 Å². The molecule has 1 aromatic carbocycles. The van der Waals surface area contributed by atoms with Crippen molar-refractivity contribution in [3.05, 3.63) is 65.0 Å². The van der Waals surface area contributed by atoms with E-state index in [1.165, 1.54) is 60.8 Å². The summed E-state index contributed by atoms with van der Waals surface area (Å²) in [6, 6.07) is 11.0. The molecule has 0 spiro atoms. The molecule has 0 fully saturated rings. The molecule has 0 N–H and O–H groups in total. The van der Waals surface area contributed by atoms with Crippen molar-refractivity contribution in [2.75, 3.05) is 0 Å². The first-order chi connectivity index (χ1) is 9.75. The number of hydrogen-bond acceptors (Lipinski definition) is 1. The molecule has 1 heterocycles. The average molecular weight is 267 g/mol. The van der Waals surface area contributed by atoms with Gasteiger partial charge in [0, 0.05) is 12.4 Å². The molecule has 20 heavy (non-hydrogen) atoms. The van der Waals surface area contributed by atoms with Gasteiger partial charge in [0.15, 0.2) is 0 Å². The predicted octanol–water partition coefficient (Wildman–Crippen LogP) is 5.04. The molecule has 1 aromatic heterocycles. The maximum Gasteiger partial charge on any atom is 0.0270 e. The lowest BCUT2D eigenvalue weighted by molar-refractivity contribution is 0.639. The van der Waals surface area contributed by atoms with Crippen LogP contribution in [0.1, 0.15) is 47.9 Å². The lowest BCUT2D eigenvalue weighted by atomic mass is 9.99. The highest BCUT2D eigenvalue weighted by atomic mass is 14.6. The van der Waals surface area contributed by atoms with Crippen LogP contribution in [0.15, 0.2) is 42.7 Å². The lowest BCUT2D eigenvalue weighted by Gasteiger charge is -2.07.